The number of carbonyl (C=O) groups is 1. The van der Waals surface area contributed by atoms with Gasteiger partial charge >= 0.3 is 6.03 Å². The van der Waals surface area contributed by atoms with E-state index in [0.29, 0.717) is 13.0 Å². The molecule has 24 heavy (non-hydrogen) atoms. The van der Waals surface area contributed by atoms with E-state index in [1.54, 1.807) is 12.5 Å². The van der Waals surface area contributed by atoms with Gasteiger partial charge in [0.1, 0.15) is 0 Å². The SMILES string of the molecule is O=C(NCc1ccc(Cn2ccnc2)cc1)N[C@H]1CCS(=O)(=O)C1. The lowest BCUT2D eigenvalue weighted by Crippen LogP contribution is -2.42. The molecule has 2 heterocycles. The van der Waals surface area contributed by atoms with E-state index in [2.05, 4.69) is 15.6 Å². The summed E-state index contributed by atoms with van der Waals surface area (Å²) in [5.41, 5.74) is 2.14. The first-order valence-electron chi connectivity index (χ1n) is 7.78. The van der Waals surface area contributed by atoms with Gasteiger partial charge in [0, 0.05) is 31.5 Å². The number of urea groups is 1. The molecular weight excluding hydrogens is 328 g/mol. The maximum absolute atomic E-state index is 11.8. The maximum Gasteiger partial charge on any atom is 0.315 e. The van der Waals surface area contributed by atoms with E-state index in [0.717, 1.165) is 17.7 Å². The number of nitrogens with one attached hydrogen (secondary N) is 2. The molecule has 128 valence electrons. The van der Waals surface area contributed by atoms with Crippen LogP contribution in [-0.4, -0.2) is 41.5 Å². The van der Waals surface area contributed by atoms with Gasteiger partial charge in [0.05, 0.1) is 17.8 Å². The first-order chi connectivity index (χ1) is 11.5. The van der Waals surface area contributed by atoms with E-state index in [1.165, 1.54) is 0 Å². The predicted molar refractivity (Wildman–Crippen MR) is 90.2 cm³/mol. The lowest BCUT2D eigenvalue weighted by Gasteiger charge is -2.12. The average molecular weight is 348 g/mol. The number of benzene rings is 1. The first-order valence-corrected chi connectivity index (χ1v) is 9.61. The molecule has 2 amide bonds. The largest absolute Gasteiger partial charge is 0.334 e. The number of hydrogen-bond donors (Lipinski definition) is 2. The van der Waals surface area contributed by atoms with E-state index >= 15 is 0 Å². The van der Waals surface area contributed by atoms with Gasteiger partial charge in [-0.2, -0.15) is 0 Å². The Labute approximate surface area is 141 Å². The smallest absolute Gasteiger partial charge is 0.315 e. The monoisotopic (exact) mass is 348 g/mol. The highest BCUT2D eigenvalue weighted by Crippen LogP contribution is 2.11. The number of sulfone groups is 1. The van der Waals surface area contributed by atoms with Crippen LogP contribution in [0.1, 0.15) is 17.5 Å². The highest BCUT2D eigenvalue weighted by molar-refractivity contribution is 7.91. The molecule has 1 aliphatic heterocycles. The van der Waals surface area contributed by atoms with Crippen LogP contribution in [0.5, 0.6) is 0 Å². The highest BCUT2D eigenvalue weighted by Gasteiger charge is 2.28. The Morgan fingerprint density at radius 3 is 2.62 bits per heavy atom. The van der Waals surface area contributed by atoms with Gasteiger partial charge < -0.3 is 15.2 Å². The summed E-state index contributed by atoms with van der Waals surface area (Å²) in [6, 6.07) is 7.34. The van der Waals surface area contributed by atoms with Gasteiger partial charge in [0.25, 0.3) is 0 Å². The number of nitrogens with zero attached hydrogens (tertiary/aromatic N) is 2. The van der Waals surface area contributed by atoms with Gasteiger partial charge in [-0.05, 0) is 17.5 Å². The summed E-state index contributed by atoms with van der Waals surface area (Å²) in [4.78, 5) is 15.8. The van der Waals surface area contributed by atoms with Crippen molar-refractivity contribution in [3.63, 3.8) is 0 Å². The van der Waals surface area contributed by atoms with Crippen molar-refractivity contribution in [2.75, 3.05) is 11.5 Å². The summed E-state index contributed by atoms with van der Waals surface area (Å²) in [6.45, 7) is 1.15. The molecule has 1 aliphatic rings. The molecule has 1 aromatic carbocycles. The van der Waals surface area contributed by atoms with Crippen LogP contribution in [0.4, 0.5) is 4.79 Å². The molecule has 0 saturated carbocycles. The molecule has 8 heteroatoms. The molecule has 2 N–H and O–H groups in total. The molecule has 0 spiro atoms. The minimum absolute atomic E-state index is 0.0311. The van der Waals surface area contributed by atoms with Gasteiger partial charge in [-0.25, -0.2) is 18.2 Å². The molecule has 0 radical (unpaired) electrons. The minimum atomic E-state index is -2.98. The molecule has 1 aromatic heterocycles. The summed E-state index contributed by atoms with van der Waals surface area (Å²) in [5, 5.41) is 5.46. The quantitative estimate of drug-likeness (QED) is 0.840. The molecule has 1 fully saturated rings. The Balaban J connectivity index is 1.45. The third-order valence-corrected chi connectivity index (χ3v) is 5.74. The second kappa shape index (κ2) is 7.04. The predicted octanol–water partition coefficient (Wildman–Crippen LogP) is 0.918. The Hall–Kier alpha value is -2.35. The van der Waals surface area contributed by atoms with Crippen molar-refractivity contribution in [1.82, 2.24) is 20.2 Å². The third-order valence-electron chi connectivity index (χ3n) is 3.97. The van der Waals surface area contributed by atoms with Gasteiger partial charge in [-0.3, -0.25) is 0 Å². The molecule has 0 unspecified atom stereocenters. The normalized spacial score (nSPS) is 19.1. The molecule has 0 aliphatic carbocycles. The van der Waals surface area contributed by atoms with E-state index in [4.69, 9.17) is 0 Å². The second-order valence-electron chi connectivity index (χ2n) is 5.98. The Kier molecular flexibility index (Phi) is 4.84. The molecule has 7 nitrogen and oxygen atoms in total. The summed E-state index contributed by atoms with van der Waals surface area (Å²) < 4.78 is 24.7. The van der Waals surface area contributed by atoms with Crippen LogP contribution in [0.25, 0.3) is 0 Å². The molecule has 2 aromatic rings. The van der Waals surface area contributed by atoms with Crippen molar-refractivity contribution in [1.29, 1.82) is 0 Å². The summed E-state index contributed by atoms with van der Waals surface area (Å²) >= 11 is 0. The Bertz CT molecular complexity index is 785. The van der Waals surface area contributed by atoms with Gasteiger partial charge in [-0.15, -0.1) is 0 Å². The molecular formula is C16H20N4O3S. The fraction of sp³-hybridized carbons (Fsp3) is 0.375. The first kappa shape index (κ1) is 16.5. The van der Waals surface area contributed by atoms with Crippen molar-refractivity contribution in [2.45, 2.75) is 25.6 Å². The lowest BCUT2D eigenvalue weighted by molar-refractivity contribution is 0.237. The van der Waals surface area contributed by atoms with Crippen molar-refractivity contribution in [3.8, 4) is 0 Å². The standard InChI is InChI=1S/C16H20N4O3S/c21-16(19-15-5-8-24(22,23)11-15)18-9-13-1-3-14(4-2-13)10-20-7-6-17-12-20/h1-4,6-7,12,15H,5,8-11H2,(H2,18,19,21)/t15-/m0/s1. The highest BCUT2D eigenvalue weighted by atomic mass is 32.2. The van der Waals surface area contributed by atoms with Gasteiger partial charge in [0.15, 0.2) is 9.84 Å². The fourth-order valence-corrected chi connectivity index (χ4v) is 4.35. The van der Waals surface area contributed by atoms with Crippen LogP contribution in [-0.2, 0) is 22.9 Å². The zero-order valence-electron chi connectivity index (χ0n) is 13.2. The van der Waals surface area contributed by atoms with Crippen molar-refractivity contribution in [2.24, 2.45) is 0 Å². The van der Waals surface area contributed by atoms with E-state index in [9.17, 15) is 13.2 Å². The topological polar surface area (TPSA) is 93.1 Å². The van der Waals surface area contributed by atoms with Crippen LogP contribution in [0.15, 0.2) is 43.0 Å². The van der Waals surface area contributed by atoms with E-state index < -0.39 is 9.84 Å². The number of imidazole rings is 1. The fourth-order valence-electron chi connectivity index (χ4n) is 2.68. The Morgan fingerprint density at radius 1 is 1.25 bits per heavy atom. The van der Waals surface area contributed by atoms with Crippen LogP contribution < -0.4 is 10.6 Å². The third kappa shape index (κ3) is 4.58. The molecule has 1 atom stereocenters. The maximum atomic E-state index is 11.8. The molecule has 0 bridgehead atoms. The van der Waals surface area contributed by atoms with Gasteiger partial charge in [0.2, 0.25) is 0 Å². The zero-order chi connectivity index (χ0) is 17.0. The zero-order valence-corrected chi connectivity index (χ0v) is 14.0. The number of hydrogen-bond acceptors (Lipinski definition) is 4. The average Bonchev–Trinajstić information content (AvgIpc) is 3.16. The van der Waals surface area contributed by atoms with Gasteiger partial charge in [-0.1, -0.05) is 24.3 Å². The van der Waals surface area contributed by atoms with Crippen LogP contribution in [0, 0.1) is 0 Å². The van der Waals surface area contributed by atoms with Crippen molar-refractivity contribution >= 4 is 15.9 Å². The molecule has 3 rings (SSSR count). The summed E-state index contributed by atoms with van der Waals surface area (Å²) in [6.07, 6.45) is 5.90. The minimum Gasteiger partial charge on any atom is -0.334 e. The van der Waals surface area contributed by atoms with Crippen LogP contribution >= 0.6 is 0 Å². The van der Waals surface area contributed by atoms with E-state index in [-0.39, 0.29) is 23.6 Å². The van der Waals surface area contributed by atoms with Crippen molar-refractivity contribution in [3.05, 3.63) is 54.1 Å². The summed E-state index contributed by atoms with van der Waals surface area (Å²) in [5.74, 6) is 0.180. The number of rotatable bonds is 5. The lowest BCUT2D eigenvalue weighted by atomic mass is 10.1. The Morgan fingerprint density at radius 2 is 2.00 bits per heavy atom. The van der Waals surface area contributed by atoms with E-state index in [1.807, 2.05) is 35.0 Å². The second-order valence-corrected chi connectivity index (χ2v) is 8.21. The van der Waals surface area contributed by atoms with Crippen molar-refractivity contribution < 1.29 is 13.2 Å². The number of aromatic nitrogens is 2. The van der Waals surface area contributed by atoms with Crippen LogP contribution in [0.2, 0.25) is 0 Å². The number of amides is 2. The summed E-state index contributed by atoms with van der Waals surface area (Å²) in [7, 11) is -2.98. The molecule has 1 saturated heterocycles. The van der Waals surface area contributed by atoms with Crippen LogP contribution in [0.3, 0.4) is 0 Å². The number of carbonyl (C=O) groups excluding carboxylic acids is 1.